The lowest BCUT2D eigenvalue weighted by Crippen LogP contribution is -2.35. The van der Waals surface area contributed by atoms with Gasteiger partial charge in [0.15, 0.2) is 0 Å². The van der Waals surface area contributed by atoms with Gasteiger partial charge in [0.05, 0.1) is 39.2 Å². The number of nitro benzene ring substituents is 1. The lowest BCUT2D eigenvalue weighted by molar-refractivity contribution is -0.384. The lowest BCUT2D eigenvalue weighted by atomic mass is 9.86. The Balaban J connectivity index is 2.09. The zero-order chi connectivity index (χ0) is 23.9. The number of benzene rings is 2. The average molecular weight is 444 g/mol. The van der Waals surface area contributed by atoms with Crippen LogP contribution in [0.25, 0.3) is 10.9 Å². The van der Waals surface area contributed by atoms with E-state index in [0.29, 0.717) is 29.2 Å². The number of nitrogens with zero attached hydrogens (tertiary/aromatic N) is 6. The Morgan fingerprint density at radius 3 is 2.48 bits per heavy atom. The van der Waals surface area contributed by atoms with E-state index in [9.17, 15) is 20.6 Å². The molecule has 0 bridgehead atoms. The Kier molecular flexibility index (Phi) is 5.52. The smallest absolute Gasteiger partial charge is 0.269 e. The SMILES string of the molecule is CC(CC1C(C#N)=C(N(C)C)N(c2ccc([N+](=O)[O-])cc2)c2c1n(C)c1ccccc21)=NO. The number of para-hydroxylation sites is 1. The summed E-state index contributed by atoms with van der Waals surface area (Å²) in [6.07, 6.45) is 0.377. The first-order chi connectivity index (χ1) is 15.8. The average Bonchev–Trinajstić information content (AvgIpc) is 3.11. The normalized spacial score (nSPS) is 16.0. The van der Waals surface area contributed by atoms with Crippen molar-refractivity contribution in [1.82, 2.24) is 9.47 Å². The molecule has 0 fully saturated rings. The van der Waals surface area contributed by atoms with Gasteiger partial charge in [-0.1, -0.05) is 23.4 Å². The molecule has 0 amide bonds. The van der Waals surface area contributed by atoms with E-state index in [1.54, 1.807) is 19.1 Å². The molecular formula is C24H24N6O3. The van der Waals surface area contributed by atoms with Gasteiger partial charge in [0, 0.05) is 56.7 Å². The van der Waals surface area contributed by atoms with Crippen molar-refractivity contribution in [3.05, 3.63) is 75.7 Å². The van der Waals surface area contributed by atoms with Gasteiger partial charge in [0.25, 0.3) is 5.69 Å². The van der Waals surface area contributed by atoms with E-state index in [2.05, 4.69) is 15.8 Å². The van der Waals surface area contributed by atoms with Gasteiger partial charge in [0.2, 0.25) is 0 Å². The van der Waals surface area contributed by atoms with Crippen LogP contribution in [0.2, 0.25) is 0 Å². The molecule has 1 N–H and O–H groups in total. The zero-order valence-corrected chi connectivity index (χ0v) is 18.9. The van der Waals surface area contributed by atoms with Crippen LogP contribution in [-0.4, -0.2) is 39.4 Å². The summed E-state index contributed by atoms with van der Waals surface area (Å²) in [6.45, 7) is 1.73. The number of aryl methyl sites for hydroxylation is 1. The van der Waals surface area contributed by atoms with Crippen LogP contribution in [0.15, 0.2) is 65.1 Å². The van der Waals surface area contributed by atoms with Crippen LogP contribution >= 0.6 is 0 Å². The van der Waals surface area contributed by atoms with Crippen molar-refractivity contribution in [1.29, 1.82) is 5.26 Å². The Morgan fingerprint density at radius 1 is 1.24 bits per heavy atom. The van der Waals surface area contributed by atoms with Gasteiger partial charge in [-0.2, -0.15) is 5.26 Å². The van der Waals surface area contributed by atoms with E-state index in [0.717, 1.165) is 22.3 Å². The largest absolute Gasteiger partial charge is 0.411 e. The highest BCUT2D eigenvalue weighted by atomic mass is 16.6. The van der Waals surface area contributed by atoms with Crippen LogP contribution in [-0.2, 0) is 7.05 Å². The summed E-state index contributed by atoms with van der Waals surface area (Å²) in [6, 6.07) is 16.7. The fourth-order valence-electron chi connectivity index (χ4n) is 4.62. The standard InChI is InChI=1S/C24H24N6O3/c1-15(26-31)13-19-20(14-25)24(27(2)3)29(16-9-11-17(12-10-16)30(32)33)23-18-7-5-6-8-21(18)28(4)22(19)23/h5-12,19,31H,13H2,1-4H3. The summed E-state index contributed by atoms with van der Waals surface area (Å²) in [5, 5.41) is 35.2. The van der Waals surface area contributed by atoms with E-state index in [1.807, 2.05) is 55.2 Å². The number of rotatable bonds is 5. The van der Waals surface area contributed by atoms with Crippen molar-refractivity contribution in [2.24, 2.45) is 12.2 Å². The zero-order valence-electron chi connectivity index (χ0n) is 18.9. The molecule has 4 rings (SSSR count). The molecule has 3 aromatic rings. The van der Waals surface area contributed by atoms with Gasteiger partial charge >= 0.3 is 0 Å². The number of anilines is 2. The summed E-state index contributed by atoms with van der Waals surface area (Å²) in [5.41, 5.74) is 4.57. The second-order valence-electron chi connectivity index (χ2n) is 8.25. The Bertz CT molecular complexity index is 1350. The maximum Gasteiger partial charge on any atom is 0.269 e. The number of hydrogen-bond acceptors (Lipinski definition) is 7. The maximum absolute atomic E-state index is 11.2. The first-order valence-corrected chi connectivity index (χ1v) is 10.4. The van der Waals surface area contributed by atoms with E-state index in [1.165, 1.54) is 12.1 Å². The summed E-state index contributed by atoms with van der Waals surface area (Å²) in [7, 11) is 5.69. The molecule has 2 aromatic carbocycles. The molecule has 168 valence electrons. The van der Waals surface area contributed by atoms with Gasteiger partial charge in [-0.05, 0) is 25.1 Å². The highest BCUT2D eigenvalue weighted by Crippen LogP contribution is 2.51. The van der Waals surface area contributed by atoms with Crippen molar-refractivity contribution >= 4 is 33.7 Å². The molecule has 33 heavy (non-hydrogen) atoms. The van der Waals surface area contributed by atoms with E-state index in [-0.39, 0.29) is 11.6 Å². The second kappa shape index (κ2) is 8.31. The third-order valence-corrected chi connectivity index (χ3v) is 6.01. The molecule has 0 aliphatic carbocycles. The number of non-ortho nitro benzene ring substituents is 1. The number of allylic oxidation sites excluding steroid dienone is 1. The highest BCUT2D eigenvalue weighted by Gasteiger charge is 2.39. The molecule has 9 nitrogen and oxygen atoms in total. The first-order valence-electron chi connectivity index (χ1n) is 10.4. The molecular weight excluding hydrogens is 420 g/mol. The minimum Gasteiger partial charge on any atom is -0.411 e. The molecule has 1 aliphatic heterocycles. The molecule has 0 saturated heterocycles. The van der Waals surface area contributed by atoms with Crippen LogP contribution in [0.3, 0.4) is 0 Å². The number of aromatic nitrogens is 1. The van der Waals surface area contributed by atoms with Crippen molar-refractivity contribution in [3.63, 3.8) is 0 Å². The number of fused-ring (bicyclic) bond motifs is 3. The fraction of sp³-hybridized carbons (Fsp3) is 0.250. The Hall–Kier alpha value is -4.32. The van der Waals surface area contributed by atoms with Gasteiger partial charge in [-0.3, -0.25) is 15.0 Å². The number of nitro groups is 1. The second-order valence-corrected chi connectivity index (χ2v) is 8.25. The van der Waals surface area contributed by atoms with Crippen LogP contribution < -0.4 is 4.90 Å². The lowest BCUT2D eigenvalue weighted by Gasteiger charge is -2.39. The Morgan fingerprint density at radius 2 is 1.91 bits per heavy atom. The van der Waals surface area contributed by atoms with E-state index < -0.39 is 4.92 Å². The molecule has 1 aromatic heterocycles. The molecule has 0 saturated carbocycles. The summed E-state index contributed by atoms with van der Waals surface area (Å²) < 4.78 is 2.07. The molecule has 1 unspecified atom stereocenters. The molecule has 1 atom stereocenters. The molecule has 9 heteroatoms. The van der Waals surface area contributed by atoms with Gasteiger partial charge in [0.1, 0.15) is 5.82 Å². The minimum absolute atomic E-state index is 0.00236. The molecule has 1 aliphatic rings. The maximum atomic E-state index is 11.2. The fourth-order valence-corrected chi connectivity index (χ4v) is 4.62. The highest BCUT2D eigenvalue weighted by molar-refractivity contribution is 6.01. The van der Waals surface area contributed by atoms with Gasteiger partial charge < -0.3 is 14.7 Å². The topological polar surface area (TPSA) is 111 Å². The van der Waals surface area contributed by atoms with Crippen LogP contribution in [0.1, 0.15) is 25.0 Å². The molecule has 0 spiro atoms. The third kappa shape index (κ3) is 3.46. The Labute approximate surface area is 191 Å². The summed E-state index contributed by atoms with van der Waals surface area (Å²) in [4.78, 5) is 14.6. The van der Waals surface area contributed by atoms with E-state index in [4.69, 9.17) is 0 Å². The van der Waals surface area contributed by atoms with Crippen molar-refractivity contribution in [3.8, 4) is 6.07 Å². The quantitative estimate of drug-likeness (QED) is 0.260. The van der Waals surface area contributed by atoms with Crippen molar-refractivity contribution < 1.29 is 10.1 Å². The molecule has 2 heterocycles. The number of oxime groups is 1. The summed E-state index contributed by atoms with van der Waals surface area (Å²) in [5.74, 6) is 0.343. The first kappa shape index (κ1) is 21.9. The van der Waals surface area contributed by atoms with Gasteiger partial charge in [-0.25, -0.2) is 0 Å². The van der Waals surface area contributed by atoms with Crippen LogP contribution in [0.5, 0.6) is 0 Å². The van der Waals surface area contributed by atoms with E-state index >= 15 is 0 Å². The molecule has 0 radical (unpaired) electrons. The minimum atomic E-state index is -0.431. The third-order valence-electron chi connectivity index (χ3n) is 6.01. The van der Waals surface area contributed by atoms with Gasteiger partial charge in [-0.15, -0.1) is 0 Å². The number of hydrogen-bond donors (Lipinski definition) is 1. The monoisotopic (exact) mass is 444 g/mol. The predicted octanol–water partition coefficient (Wildman–Crippen LogP) is 4.86. The van der Waals surface area contributed by atoms with Crippen molar-refractivity contribution in [2.45, 2.75) is 19.3 Å². The van der Waals surface area contributed by atoms with Crippen molar-refractivity contribution in [2.75, 3.05) is 19.0 Å². The van der Waals surface area contributed by atoms with Crippen LogP contribution in [0, 0.1) is 21.4 Å². The number of nitriles is 1. The predicted molar refractivity (Wildman–Crippen MR) is 127 cm³/mol. The summed E-state index contributed by atoms with van der Waals surface area (Å²) >= 11 is 0. The van der Waals surface area contributed by atoms with Crippen LogP contribution in [0.4, 0.5) is 17.1 Å².